The van der Waals surface area contributed by atoms with Crippen LogP contribution >= 0.6 is 22.9 Å². The second kappa shape index (κ2) is 9.68. The first-order chi connectivity index (χ1) is 18.3. The molecule has 0 unspecified atom stereocenters. The number of thiophene rings is 1. The number of aromatic nitrogens is 3. The quantitative estimate of drug-likeness (QED) is 0.307. The first kappa shape index (κ1) is 24.8. The predicted octanol–water partition coefficient (Wildman–Crippen LogP) is 4.37. The van der Waals surface area contributed by atoms with Crippen molar-refractivity contribution in [3.63, 3.8) is 0 Å². The third-order valence-electron chi connectivity index (χ3n) is 7.34. The molecule has 38 heavy (non-hydrogen) atoms. The highest BCUT2D eigenvalue weighted by molar-refractivity contribution is 7.09. The Hall–Kier alpha value is -3.47. The zero-order valence-electron chi connectivity index (χ0n) is 21.0. The fourth-order valence-corrected chi connectivity index (χ4v) is 6.58. The van der Waals surface area contributed by atoms with Gasteiger partial charge in [-0.25, -0.2) is 4.98 Å². The van der Waals surface area contributed by atoms with Crippen molar-refractivity contribution in [2.24, 2.45) is 0 Å². The third-order valence-corrected chi connectivity index (χ3v) is 8.61. The summed E-state index contributed by atoms with van der Waals surface area (Å²) in [4.78, 5) is 55.0. The summed E-state index contributed by atoms with van der Waals surface area (Å²) in [5.74, 6) is -0.398. The molecule has 1 aromatic carbocycles. The second-order valence-corrected chi connectivity index (χ2v) is 11.4. The van der Waals surface area contributed by atoms with Crippen molar-refractivity contribution in [2.75, 3.05) is 25.5 Å². The highest BCUT2D eigenvalue weighted by Gasteiger charge is 2.43. The summed E-state index contributed by atoms with van der Waals surface area (Å²) in [7, 11) is 2.03. The minimum absolute atomic E-state index is 0.0618. The van der Waals surface area contributed by atoms with Crippen LogP contribution in [0.3, 0.4) is 0 Å². The number of carbonyl (C=O) groups excluding carboxylic acids is 2. The highest BCUT2D eigenvalue weighted by Crippen LogP contribution is 2.38. The molecule has 4 aromatic rings. The van der Waals surface area contributed by atoms with E-state index in [1.807, 2.05) is 18.5 Å². The number of hydrogen-bond donors (Lipinski definition) is 3. The van der Waals surface area contributed by atoms with Crippen LogP contribution in [-0.2, 0) is 6.42 Å². The van der Waals surface area contributed by atoms with E-state index < -0.39 is 0 Å². The van der Waals surface area contributed by atoms with Crippen molar-refractivity contribution >= 4 is 51.5 Å². The number of hydrogen-bond acceptors (Lipinski definition) is 7. The Bertz CT molecular complexity index is 1600. The average molecular weight is 551 g/mol. The van der Waals surface area contributed by atoms with E-state index in [1.165, 1.54) is 9.78 Å². The van der Waals surface area contributed by atoms with E-state index in [4.69, 9.17) is 11.6 Å². The van der Waals surface area contributed by atoms with Gasteiger partial charge in [-0.15, -0.1) is 11.3 Å². The molecule has 5 heterocycles. The Balaban J connectivity index is 1.35. The fourth-order valence-electron chi connectivity index (χ4n) is 5.42. The van der Waals surface area contributed by atoms with Crippen LogP contribution in [0.5, 0.6) is 0 Å². The van der Waals surface area contributed by atoms with E-state index in [-0.39, 0.29) is 45.6 Å². The standard InChI is InChI=1S/C27H27ClN6O3S/c1-14(12-16-4-3-11-38-16)30-18-5-8-29-25(35)21(18)24-31-19-13-17-20(22(28)23(19)32-24)27(37)34(26(17)36)15-6-9-33(2)10-7-15/h3-5,8,11,13-15H,6-7,9-10,12H2,1-2H3,(H,31,32)(H2,29,30,35)/t14-/m1/s1. The van der Waals surface area contributed by atoms with Crippen LogP contribution in [-0.4, -0.2) is 68.8 Å². The molecule has 11 heteroatoms. The number of benzene rings is 1. The summed E-state index contributed by atoms with van der Waals surface area (Å²) >= 11 is 8.42. The number of likely N-dealkylation sites (tertiary alicyclic amines) is 1. The molecule has 2 amide bonds. The molecule has 1 atom stereocenters. The van der Waals surface area contributed by atoms with Crippen molar-refractivity contribution in [2.45, 2.75) is 38.3 Å². The van der Waals surface area contributed by atoms with Crippen LogP contribution in [0.25, 0.3) is 22.4 Å². The number of nitrogens with one attached hydrogen (secondary N) is 3. The van der Waals surface area contributed by atoms with Crippen molar-refractivity contribution < 1.29 is 9.59 Å². The van der Waals surface area contributed by atoms with E-state index in [9.17, 15) is 14.4 Å². The molecule has 0 aliphatic carbocycles. The Labute approximate surface area is 227 Å². The maximum Gasteiger partial charge on any atom is 0.263 e. The Morgan fingerprint density at radius 3 is 2.71 bits per heavy atom. The molecule has 9 nitrogen and oxygen atoms in total. The number of piperidine rings is 1. The number of aromatic amines is 2. The summed E-state index contributed by atoms with van der Waals surface area (Å²) < 4.78 is 0. The molecule has 3 N–H and O–H groups in total. The lowest BCUT2D eigenvalue weighted by molar-refractivity contribution is 0.0516. The number of halogens is 1. The lowest BCUT2D eigenvalue weighted by Crippen LogP contribution is -2.46. The largest absolute Gasteiger partial charge is 0.381 e. The average Bonchev–Trinajstić information content (AvgIpc) is 3.60. The molecule has 2 aliphatic heterocycles. The van der Waals surface area contributed by atoms with Gasteiger partial charge in [0.25, 0.3) is 17.4 Å². The summed E-state index contributed by atoms with van der Waals surface area (Å²) in [5, 5.41) is 5.59. The molecule has 1 fully saturated rings. The van der Waals surface area contributed by atoms with Crippen molar-refractivity contribution in [1.82, 2.24) is 24.8 Å². The topological polar surface area (TPSA) is 114 Å². The lowest BCUT2D eigenvalue weighted by atomic mass is 10.0. The van der Waals surface area contributed by atoms with Crippen LogP contribution in [0.2, 0.25) is 5.02 Å². The van der Waals surface area contributed by atoms with E-state index in [0.717, 1.165) is 32.4 Å². The maximum absolute atomic E-state index is 13.4. The van der Waals surface area contributed by atoms with Crippen LogP contribution in [0.4, 0.5) is 5.69 Å². The van der Waals surface area contributed by atoms with Crippen LogP contribution in [0.1, 0.15) is 45.4 Å². The van der Waals surface area contributed by atoms with Gasteiger partial charge < -0.3 is 20.2 Å². The molecule has 0 spiro atoms. The number of pyridine rings is 1. The van der Waals surface area contributed by atoms with Crippen molar-refractivity contribution in [3.05, 3.63) is 67.2 Å². The van der Waals surface area contributed by atoms with E-state index >= 15 is 0 Å². The van der Waals surface area contributed by atoms with Crippen LogP contribution < -0.4 is 10.9 Å². The molecule has 0 saturated carbocycles. The molecular weight excluding hydrogens is 524 g/mol. The maximum atomic E-state index is 13.4. The van der Waals surface area contributed by atoms with Gasteiger partial charge in [0.05, 0.1) is 27.4 Å². The third kappa shape index (κ3) is 4.22. The SMILES string of the molecule is C[C@H](Cc1cccs1)Nc1cc[nH]c(=O)c1-c1nc2c(Cl)c3c(cc2[nH]1)C(=O)N(C1CCN(C)CC1)C3=O. The molecule has 0 radical (unpaired) electrons. The van der Waals surface area contributed by atoms with Crippen molar-refractivity contribution in [1.29, 1.82) is 0 Å². The van der Waals surface area contributed by atoms with Gasteiger partial charge in [0.15, 0.2) is 0 Å². The summed E-state index contributed by atoms with van der Waals surface area (Å²) in [6.45, 7) is 3.70. The first-order valence-corrected chi connectivity index (χ1v) is 13.9. The molecule has 196 valence electrons. The number of carbonyl (C=O) groups is 2. The van der Waals surface area contributed by atoms with Crippen LogP contribution in [0, 0.1) is 0 Å². The summed E-state index contributed by atoms with van der Waals surface area (Å²) in [6.07, 6.45) is 3.86. The smallest absolute Gasteiger partial charge is 0.263 e. The number of H-pyrrole nitrogens is 2. The number of nitrogens with zero attached hydrogens (tertiary/aromatic N) is 3. The van der Waals surface area contributed by atoms with E-state index in [0.29, 0.717) is 28.1 Å². The zero-order valence-corrected chi connectivity index (χ0v) is 22.6. The highest BCUT2D eigenvalue weighted by atomic mass is 35.5. The monoisotopic (exact) mass is 550 g/mol. The van der Waals surface area contributed by atoms with E-state index in [1.54, 1.807) is 29.7 Å². The normalized spacial score (nSPS) is 17.4. The second-order valence-electron chi connectivity index (χ2n) is 10.0. The van der Waals surface area contributed by atoms with E-state index in [2.05, 4.69) is 38.2 Å². The number of fused-ring (bicyclic) bond motifs is 2. The number of anilines is 1. The van der Waals surface area contributed by atoms with Crippen molar-refractivity contribution in [3.8, 4) is 11.4 Å². The number of rotatable bonds is 6. The fraction of sp³-hybridized carbons (Fsp3) is 0.333. The first-order valence-electron chi connectivity index (χ1n) is 12.6. The van der Waals surface area contributed by atoms with Crippen LogP contribution in [0.15, 0.2) is 40.6 Å². The Morgan fingerprint density at radius 2 is 1.97 bits per heavy atom. The lowest BCUT2D eigenvalue weighted by Gasteiger charge is -2.33. The molecule has 3 aromatic heterocycles. The number of imide groups is 1. The molecule has 1 saturated heterocycles. The van der Waals surface area contributed by atoms with Gasteiger partial charge in [-0.05, 0) is 63.5 Å². The van der Waals surface area contributed by atoms with Gasteiger partial charge in [-0.2, -0.15) is 0 Å². The van der Waals surface area contributed by atoms with Gasteiger partial charge in [0.2, 0.25) is 0 Å². The summed E-state index contributed by atoms with van der Waals surface area (Å²) in [5.41, 5.74) is 1.95. The predicted molar refractivity (Wildman–Crippen MR) is 149 cm³/mol. The van der Waals surface area contributed by atoms with Gasteiger partial charge in [0, 0.05) is 29.6 Å². The molecule has 2 aliphatic rings. The number of amides is 2. The van der Waals surface area contributed by atoms with Gasteiger partial charge in [-0.3, -0.25) is 19.3 Å². The molecule has 6 rings (SSSR count). The van der Waals surface area contributed by atoms with Gasteiger partial charge in [0.1, 0.15) is 16.9 Å². The molecular formula is C27H27ClN6O3S. The Morgan fingerprint density at radius 1 is 1.18 bits per heavy atom. The Kier molecular flexibility index (Phi) is 6.33. The van der Waals surface area contributed by atoms with Gasteiger partial charge in [-0.1, -0.05) is 17.7 Å². The van der Waals surface area contributed by atoms with Gasteiger partial charge >= 0.3 is 0 Å². The summed E-state index contributed by atoms with van der Waals surface area (Å²) in [6, 6.07) is 7.44. The minimum atomic E-state index is -0.377. The minimum Gasteiger partial charge on any atom is -0.381 e. The molecule has 0 bridgehead atoms. The number of imidazole rings is 1. The zero-order chi connectivity index (χ0) is 26.6.